The van der Waals surface area contributed by atoms with E-state index in [1.54, 1.807) is 18.2 Å². The molecule has 2 N–H and O–H groups in total. The molecule has 1 atom stereocenters. The van der Waals surface area contributed by atoms with E-state index in [1.807, 2.05) is 45.0 Å². The number of hydrogen-bond acceptors (Lipinski definition) is 6. The number of sulfonamides is 1. The van der Waals surface area contributed by atoms with E-state index < -0.39 is 10.0 Å². The Morgan fingerprint density at radius 2 is 1.76 bits per heavy atom. The molecule has 7 nitrogen and oxygen atoms in total. The predicted molar refractivity (Wildman–Crippen MR) is 113 cm³/mol. The van der Waals surface area contributed by atoms with Gasteiger partial charge < -0.3 is 10.1 Å². The highest BCUT2D eigenvalue weighted by Crippen LogP contribution is 2.30. The first-order valence-electron chi connectivity index (χ1n) is 9.31. The van der Waals surface area contributed by atoms with Gasteiger partial charge in [0.2, 0.25) is 11.8 Å². The van der Waals surface area contributed by atoms with Gasteiger partial charge in [-0.3, -0.25) is 0 Å². The molecule has 150 valence electrons. The monoisotopic (exact) mass is 410 g/mol. The number of ether oxygens (including phenoxy) is 1. The zero-order chi connectivity index (χ0) is 20.6. The van der Waals surface area contributed by atoms with Crippen LogP contribution in [-0.4, -0.2) is 31.0 Å². The van der Waals surface area contributed by atoms with Crippen LogP contribution in [0, 0.1) is 13.8 Å². The second-order valence-electron chi connectivity index (χ2n) is 7.12. The number of aromatic nitrogens is 2. The highest BCUT2D eigenvalue weighted by molar-refractivity contribution is 7.92. The molecule has 3 aromatic rings. The summed E-state index contributed by atoms with van der Waals surface area (Å²) < 4.78 is 34.2. The number of aryl methyl sites for hydroxylation is 2. The second-order valence-corrected chi connectivity index (χ2v) is 8.81. The highest BCUT2D eigenvalue weighted by atomic mass is 32.2. The van der Waals surface area contributed by atoms with Crippen molar-refractivity contribution in [1.82, 2.24) is 9.97 Å². The summed E-state index contributed by atoms with van der Waals surface area (Å²) in [5, 5.41) is 3.20. The van der Waals surface area contributed by atoms with Crippen molar-refractivity contribution in [2.24, 2.45) is 0 Å². The molecule has 1 aliphatic rings. The zero-order valence-electron chi connectivity index (χ0n) is 16.4. The molecule has 1 aromatic heterocycles. The molecule has 0 radical (unpaired) electrons. The van der Waals surface area contributed by atoms with Gasteiger partial charge in [-0.1, -0.05) is 24.3 Å². The van der Waals surface area contributed by atoms with Crippen LogP contribution < -0.4 is 14.8 Å². The maximum Gasteiger partial charge on any atom is 0.264 e. The van der Waals surface area contributed by atoms with Gasteiger partial charge in [-0.05, 0) is 50.1 Å². The molecule has 0 saturated heterocycles. The fraction of sp³-hybridized carbons (Fsp3) is 0.238. The van der Waals surface area contributed by atoms with Gasteiger partial charge in [0.05, 0.1) is 17.1 Å². The Hall–Kier alpha value is -3.13. The van der Waals surface area contributed by atoms with Gasteiger partial charge in [-0.15, -0.1) is 0 Å². The fourth-order valence-corrected chi connectivity index (χ4v) is 4.33. The number of anilines is 2. The van der Waals surface area contributed by atoms with E-state index in [1.165, 1.54) is 6.07 Å². The molecule has 0 spiro atoms. The fourth-order valence-electron chi connectivity index (χ4n) is 3.34. The molecule has 0 unspecified atom stereocenters. The number of nitrogens with one attached hydrogen (secondary N) is 2. The Morgan fingerprint density at radius 3 is 2.52 bits per heavy atom. The molecule has 0 saturated carbocycles. The Bertz CT molecular complexity index is 1160. The van der Waals surface area contributed by atoms with Crippen molar-refractivity contribution in [2.75, 3.05) is 16.6 Å². The minimum absolute atomic E-state index is 0.0220. The van der Waals surface area contributed by atoms with Gasteiger partial charge in [0.1, 0.15) is 6.10 Å². The normalized spacial score (nSPS) is 17.7. The number of fused-ring (bicyclic) bond motifs is 4. The lowest BCUT2D eigenvalue weighted by atomic mass is 10.00. The number of hydrogen-bond donors (Lipinski definition) is 2. The largest absolute Gasteiger partial charge is 0.473 e. The lowest BCUT2D eigenvalue weighted by Gasteiger charge is -2.19. The molecular weight excluding hydrogens is 388 g/mol. The zero-order valence-corrected chi connectivity index (χ0v) is 17.2. The summed E-state index contributed by atoms with van der Waals surface area (Å²) in [5.41, 5.74) is 4.30. The lowest BCUT2D eigenvalue weighted by Crippen LogP contribution is -2.24. The maximum atomic E-state index is 12.9. The first-order chi connectivity index (χ1) is 13.8. The summed E-state index contributed by atoms with van der Waals surface area (Å²) >= 11 is 0. The minimum atomic E-state index is -3.85. The van der Waals surface area contributed by atoms with E-state index in [0.717, 1.165) is 16.7 Å². The molecule has 0 aliphatic carbocycles. The topological polar surface area (TPSA) is 93.2 Å². The molecule has 1 aliphatic heterocycles. The molecular formula is C21H22N4O3S. The smallest absolute Gasteiger partial charge is 0.264 e. The van der Waals surface area contributed by atoms with Gasteiger partial charge in [0.15, 0.2) is 0 Å². The van der Waals surface area contributed by atoms with E-state index in [0.29, 0.717) is 23.8 Å². The van der Waals surface area contributed by atoms with E-state index in [9.17, 15) is 8.42 Å². The van der Waals surface area contributed by atoms with Crippen molar-refractivity contribution in [3.8, 4) is 17.1 Å². The highest BCUT2D eigenvalue weighted by Gasteiger charge is 2.20. The third-order valence-electron chi connectivity index (χ3n) is 4.73. The summed E-state index contributed by atoms with van der Waals surface area (Å²) in [5.74, 6) is 0.292. The molecule has 4 bridgehead atoms. The van der Waals surface area contributed by atoms with Crippen molar-refractivity contribution in [3.63, 3.8) is 0 Å². The summed E-state index contributed by atoms with van der Waals surface area (Å²) in [6, 6.07) is 14.3. The van der Waals surface area contributed by atoms with Crippen LogP contribution in [-0.2, 0) is 10.0 Å². The van der Waals surface area contributed by atoms with E-state index in [2.05, 4.69) is 20.0 Å². The van der Waals surface area contributed by atoms with Gasteiger partial charge in [0.25, 0.3) is 10.0 Å². The van der Waals surface area contributed by atoms with Gasteiger partial charge in [-0.2, -0.15) is 4.98 Å². The van der Waals surface area contributed by atoms with Crippen molar-refractivity contribution in [1.29, 1.82) is 0 Å². The quantitative estimate of drug-likeness (QED) is 0.635. The van der Waals surface area contributed by atoms with Crippen LogP contribution in [0.3, 0.4) is 0 Å². The van der Waals surface area contributed by atoms with Crippen LogP contribution in [0.15, 0.2) is 53.4 Å². The molecule has 0 amide bonds. The van der Waals surface area contributed by atoms with Crippen LogP contribution in [0.2, 0.25) is 0 Å². The maximum absolute atomic E-state index is 12.9. The van der Waals surface area contributed by atoms with Crippen molar-refractivity contribution < 1.29 is 13.2 Å². The second kappa shape index (κ2) is 7.36. The summed E-state index contributed by atoms with van der Waals surface area (Å²) in [6.07, 6.45) is -0.191. The molecule has 2 heterocycles. The van der Waals surface area contributed by atoms with Gasteiger partial charge in [-0.25, -0.2) is 18.1 Å². The van der Waals surface area contributed by atoms with E-state index >= 15 is 0 Å². The Morgan fingerprint density at radius 1 is 1.03 bits per heavy atom. The first kappa shape index (κ1) is 19.2. The predicted octanol–water partition coefficient (Wildman–Crippen LogP) is 3.75. The Labute approximate surface area is 170 Å². The third-order valence-corrected chi connectivity index (χ3v) is 6.05. The van der Waals surface area contributed by atoms with E-state index in [4.69, 9.17) is 4.74 Å². The molecule has 8 heteroatoms. The van der Waals surface area contributed by atoms with Crippen LogP contribution in [0.4, 0.5) is 11.6 Å². The third kappa shape index (κ3) is 4.02. The molecule has 0 fully saturated rings. The Kier molecular flexibility index (Phi) is 4.87. The average molecular weight is 410 g/mol. The number of rotatable bonds is 1. The van der Waals surface area contributed by atoms with Crippen molar-refractivity contribution >= 4 is 21.7 Å². The number of benzene rings is 2. The van der Waals surface area contributed by atoms with Crippen LogP contribution in [0.25, 0.3) is 11.3 Å². The first-order valence-corrected chi connectivity index (χ1v) is 10.8. The van der Waals surface area contributed by atoms with Crippen LogP contribution in [0.5, 0.6) is 5.88 Å². The average Bonchev–Trinajstić information content (AvgIpc) is 2.65. The molecule has 29 heavy (non-hydrogen) atoms. The number of nitrogens with zero attached hydrogens (tertiary/aromatic N) is 2. The van der Waals surface area contributed by atoms with Gasteiger partial charge >= 0.3 is 0 Å². The summed E-state index contributed by atoms with van der Waals surface area (Å²) in [7, 11) is -3.85. The van der Waals surface area contributed by atoms with Crippen molar-refractivity contribution in [3.05, 3.63) is 59.7 Å². The standard InChI is InChI=1S/C21H22N4O3S/c1-13-6-4-7-14(2)20(13)18-11-19-24-21(23-18)25-29(26,27)17-9-5-8-16(10-17)22-12-15(3)28-19/h4-11,15,22H,12H2,1-3H3,(H,23,24,25)/t15-/m0/s1. The minimum Gasteiger partial charge on any atom is -0.473 e. The van der Waals surface area contributed by atoms with Gasteiger partial charge in [0, 0.05) is 17.3 Å². The summed E-state index contributed by atoms with van der Waals surface area (Å²) in [6.45, 7) is 6.40. The summed E-state index contributed by atoms with van der Waals surface area (Å²) in [4.78, 5) is 8.91. The van der Waals surface area contributed by atoms with Crippen LogP contribution in [0.1, 0.15) is 18.1 Å². The Balaban J connectivity index is 1.87. The van der Waals surface area contributed by atoms with Crippen molar-refractivity contribution in [2.45, 2.75) is 31.8 Å². The van der Waals surface area contributed by atoms with Crippen LogP contribution >= 0.6 is 0 Å². The lowest BCUT2D eigenvalue weighted by molar-refractivity contribution is 0.225. The SMILES string of the molecule is Cc1cccc(C)c1-c1cc2nc(n1)NS(=O)(=O)c1cccc(c1)NC[C@H](C)O2. The molecule has 2 aromatic carbocycles. The van der Waals surface area contributed by atoms with E-state index in [-0.39, 0.29) is 16.9 Å². The molecule has 4 rings (SSSR count).